The molecule has 156 valence electrons. The third kappa shape index (κ3) is 4.07. The van der Waals surface area contributed by atoms with Gasteiger partial charge in [-0.05, 0) is 39.0 Å². The van der Waals surface area contributed by atoms with Crippen LogP contribution in [0.1, 0.15) is 36.8 Å². The molecule has 2 heterocycles. The minimum Gasteiger partial charge on any atom is -0.461 e. The number of carbonyl (C=O) groups is 1. The maximum atomic E-state index is 13.2. The molecule has 2 aromatic heterocycles. The molecule has 0 saturated carbocycles. The summed E-state index contributed by atoms with van der Waals surface area (Å²) in [6.07, 6.45) is 1.59. The van der Waals surface area contributed by atoms with Crippen molar-refractivity contribution in [2.75, 3.05) is 26.9 Å². The minimum absolute atomic E-state index is 0.171. The topological polar surface area (TPSA) is 99.7 Å². The number of nitrogens with zero attached hydrogens (tertiary/aromatic N) is 1. The number of aromatic nitrogens is 2. The lowest BCUT2D eigenvalue weighted by atomic mass is 10.1. The first-order valence-corrected chi connectivity index (χ1v) is 11.0. The first-order valence-electron chi connectivity index (χ1n) is 9.48. The Labute approximate surface area is 169 Å². The Balaban J connectivity index is 2.28. The Kier molecular flexibility index (Phi) is 6.70. The van der Waals surface area contributed by atoms with Crippen LogP contribution in [0, 0.1) is 0 Å². The lowest BCUT2D eigenvalue weighted by Gasteiger charge is -2.17. The number of H-pyrrole nitrogens is 1. The van der Waals surface area contributed by atoms with Gasteiger partial charge in [0.25, 0.3) is 0 Å². The van der Waals surface area contributed by atoms with Crippen LogP contribution in [0.2, 0.25) is 0 Å². The van der Waals surface area contributed by atoms with E-state index in [9.17, 15) is 9.36 Å². The SMILES string of the molecule is CCOC(=O)c1ncc2[nH]c3ccc(P(=O)(OCC)OCC)cc3c2c1COC. The Morgan fingerprint density at radius 1 is 1.10 bits per heavy atom. The van der Waals surface area contributed by atoms with Crippen molar-refractivity contribution in [3.63, 3.8) is 0 Å². The summed E-state index contributed by atoms with van der Waals surface area (Å²) in [6.45, 7) is 6.21. The van der Waals surface area contributed by atoms with Crippen LogP contribution in [0.3, 0.4) is 0 Å². The number of rotatable bonds is 9. The van der Waals surface area contributed by atoms with Crippen LogP contribution >= 0.6 is 7.60 Å². The standard InChI is InChI=1S/C20H25N2O6P/c1-5-26-20(23)19-15(12-25-4)18-14-10-13(29(24,27-6-2)28-7-3)8-9-16(14)22-17(18)11-21-19/h8-11,22H,5-7,12H2,1-4H3. The molecule has 0 spiro atoms. The van der Waals surface area contributed by atoms with Crippen molar-refractivity contribution in [3.05, 3.63) is 35.7 Å². The summed E-state index contributed by atoms with van der Waals surface area (Å²) in [5.74, 6) is -0.513. The summed E-state index contributed by atoms with van der Waals surface area (Å²) in [7, 11) is -1.91. The van der Waals surface area contributed by atoms with Crippen LogP contribution in [-0.2, 0) is 29.7 Å². The summed E-state index contributed by atoms with van der Waals surface area (Å²) in [6, 6.07) is 5.31. The number of esters is 1. The Morgan fingerprint density at radius 3 is 2.45 bits per heavy atom. The van der Waals surface area contributed by atoms with Crippen LogP contribution in [0.4, 0.5) is 0 Å². The Morgan fingerprint density at radius 2 is 1.83 bits per heavy atom. The largest absolute Gasteiger partial charge is 0.461 e. The van der Waals surface area contributed by atoms with E-state index in [1.165, 1.54) is 0 Å². The van der Waals surface area contributed by atoms with E-state index in [1.807, 2.05) is 6.07 Å². The van der Waals surface area contributed by atoms with Crippen LogP contribution < -0.4 is 5.30 Å². The van der Waals surface area contributed by atoms with E-state index < -0.39 is 13.6 Å². The molecule has 0 radical (unpaired) electrons. The molecule has 0 saturated heterocycles. The van der Waals surface area contributed by atoms with E-state index in [4.69, 9.17) is 18.5 Å². The molecule has 0 aliphatic rings. The predicted molar refractivity (Wildman–Crippen MR) is 111 cm³/mol. The zero-order chi connectivity index (χ0) is 21.0. The Bertz CT molecular complexity index is 1070. The van der Waals surface area contributed by atoms with Gasteiger partial charge in [-0.2, -0.15) is 0 Å². The first kappa shape index (κ1) is 21.5. The van der Waals surface area contributed by atoms with Gasteiger partial charge in [0, 0.05) is 29.0 Å². The second kappa shape index (κ2) is 9.05. The number of nitrogens with one attached hydrogen (secondary N) is 1. The van der Waals surface area contributed by atoms with Crippen molar-refractivity contribution >= 4 is 40.7 Å². The molecule has 1 N–H and O–H groups in total. The summed E-state index contributed by atoms with van der Waals surface area (Å²) in [5, 5.41) is 1.99. The molecule has 9 heteroatoms. The number of fused-ring (bicyclic) bond motifs is 3. The quantitative estimate of drug-likeness (QED) is 0.414. The summed E-state index contributed by atoms with van der Waals surface area (Å²) in [5.41, 5.74) is 2.35. The number of ether oxygens (including phenoxy) is 2. The van der Waals surface area contributed by atoms with Crippen molar-refractivity contribution in [2.45, 2.75) is 27.4 Å². The van der Waals surface area contributed by atoms with Crippen LogP contribution in [0.5, 0.6) is 0 Å². The number of carbonyl (C=O) groups excluding carboxylic acids is 1. The van der Waals surface area contributed by atoms with Gasteiger partial charge in [0.1, 0.15) is 0 Å². The molecule has 0 bridgehead atoms. The number of methoxy groups -OCH3 is 1. The molecule has 3 rings (SSSR count). The zero-order valence-electron chi connectivity index (χ0n) is 17.0. The number of hydrogen-bond donors (Lipinski definition) is 1. The second-order valence-electron chi connectivity index (χ2n) is 6.22. The van der Waals surface area contributed by atoms with Crippen molar-refractivity contribution < 1.29 is 27.9 Å². The van der Waals surface area contributed by atoms with Gasteiger partial charge in [0.2, 0.25) is 0 Å². The number of pyridine rings is 1. The molecule has 1 aromatic carbocycles. The van der Waals surface area contributed by atoms with E-state index in [0.717, 1.165) is 21.8 Å². The van der Waals surface area contributed by atoms with Crippen molar-refractivity contribution in [1.82, 2.24) is 9.97 Å². The smallest absolute Gasteiger partial charge is 0.361 e. The van der Waals surface area contributed by atoms with Gasteiger partial charge >= 0.3 is 13.6 Å². The van der Waals surface area contributed by atoms with E-state index in [2.05, 4.69) is 9.97 Å². The molecule has 0 amide bonds. The molecule has 0 unspecified atom stereocenters. The van der Waals surface area contributed by atoms with Crippen LogP contribution in [0.15, 0.2) is 24.4 Å². The number of benzene rings is 1. The average Bonchev–Trinajstić information content (AvgIpc) is 3.07. The molecule has 0 atom stereocenters. The van der Waals surface area contributed by atoms with Gasteiger partial charge in [-0.25, -0.2) is 9.78 Å². The molecule has 29 heavy (non-hydrogen) atoms. The highest BCUT2D eigenvalue weighted by atomic mass is 31.2. The van der Waals surface area contributed by atoms with Gasteiger partial charge in [-0.15, -0.1) is 0 Å². The fourth-order valence-electron chi connectivity index (χ4n) is 3.30. The highest BCUT2D eigenvalue weighted by Crippen LogP contribution is 2.47. The molecule has 8 nitrogen and oxygen atoms in total. The molecular formula is C20H25N2O6P. The lowest BCUT2D eigenvalue weighted by Crippen LogP contribution is -2.12. The zero-order valence-corrected chi connectivity index (χ0v) is 17.9. The minimum atomic E-state index is -3.45. The van der Waals surface area contributed by atoms with Gasteiger partial charge in [0.15, 0.2) is 5.69 Å². The number of hydrogen-bond acceptors (Lipinski definition) is 7. The van der Waals surface area contributed by atoms with Crippen LogP contribution in [0.25, 0.3) is 21.8 Å². The van der Waals surface area contributed by atoms with Crippen molar-refractivity contribution in [3.8, 4) is 0 Å². The summed E-state index contributed by atoms with van der Waals surface area (Å²) >= 11 is 0. The second-order valence-corrected chi connectivity index (χ2v) is 8.24. The first-order chi connectivity index (χ1) is 14.0. The highest BCUT2D eigenvalue weighted by molar-refractivity contribution is 7.62. The summed E-state index contributed by atoms with van der Waals surface area (Å²) < 4.78 is 34.7. The molecular weight excluding hydrogens is 395 g/mol. The van der Waals surface area contributed by atoms with Gasteiger partial charge in [-0.1, -0.05) is 0 Å². The average molecular weight is 420 g/mol. The van der Waals surface area contributed by atoms with E-state index in [-0.39, 0.29) is 32.1 Å². The maximum absolute atomic E-state index is 13.2. The normalized spacial score (nSPS) is 12.0. The van der Waals surface area contributed by atoms with E-state index in [0.29, 0.717) is 10.9 Å². The molecule has 0 fully saturated rings. The predicted octanol–water partition coefficient (Wildman–Crippen LogP) is 3.93. The maximum Gasteiger partial charge on any atom is 0.361 e. The van der Waals surface area contributed by atoms with Gasteiger partial charge < -0.3 is 23.5 Å². The van der Waals surface area contributed by atoms with E-state index in [1.54, 1.807) is 46.2 Å². The third-order valence-electron chi connectivity index (χ3n) is 4.39. The lowest BCUT2D eigenvalue weighted by molar-refractivity contribution is 0.0514. The summed E-state index contributed by atoms with van der Waals surface area (Å²) in [4.78, 5) is 20.0. The molecule has 0 aliphatic heterocycles. The monoisotopic (exact) mass is 420 g/mol. The van der Waals surface area contributed by atoms with Gasteiger partial charge in [0.05, 0.1) is 43.4 Å². The van der Waals surface area contributed by atoms with Crippen molar-refractivity contribution in [1.29, 1.82) is 0 Å². The van der Waals surface area contributed by atoms with Gasteiger partial charge in [-0.3, -0.25) is 4.57 Å². The number of aromatic amines is 1. The van der Waals surface area contributed by atoms with Crippen LogP contribution in [-0.4, -0.2) is 42.9 Å². The fourth-order valence-corrected chi connectivity index (χ4v) is 4.90. The molecule has 3 aromatic rings. The van der Waals surface area contributed by atoms with Crippen molar-refractivity contribution in [2.24, 2.45) is 0 Å². The third-order valence-corrected chi connectivity index (χ3v) is 6.50. The molecule has 0 aliphatic carbocycles. The fraction of sp³-hybridized carbons (Fsp3) is 0.400. The highest BCUT2D eigenvalue weighted by Gasteiger charge is 2.28. The van der Waals surface area contributed by atoms with E-state index >= 15 is 0 Å². The Hall–Kier alpha value is -2.25.